The summed E-state index contributed by atoms with van der Waals surface area (Å²) >= 11 is 0. The molecule has 0 saturated heterocycles. The van der Waals surface area contributed by atoms with E-state index >= 15 is 0 Å². The fourth-order valence-electron chi connectivity index (χ4n) is 1.74. The van der Waals surface area contributed by atoms with E-state index in [1.54, 1.807) is 0 Å². The van der Waals surface area contributed by atoms with Crippen molar-refractivity contribution in [3.8, 4) is 11.1 Å². The molecule has 0 aliphatic rings. The van der Waals surface area contributed by atoms with Gasteiger partial charge in [0.2, 0.25) is 0 Å². The zero-order chi connectivity index (χ0) is 14.0. The molecule has 0 saturated carbocycles. The van der Waals surface area contributed by atoms with Crippen LogP contribution in [0.3, 0.4) is 0 Å². The lowest BCUT2D eigenvalue weighted by atomic mass is 9.98. The molecule has 0 atom stereocenters. The van der Waals surface area contributed by atoms with E-state index in [2.05, 4.69) is 0 Å². The summed E-state index contributed by atoms with van der Waals surface area (Å²) in [6, 6.07) is 8.12. The van der Waals surface area contributed by atoms with E-state index in [9.17, 15) is 22.4 Å². The Bertz CT molecular complexity index is 600. The van der Waals surface area contributed by atoms with Crippen LogP contribution >= 0.6 is 0 Å². The Morgan fingerprint density at radius 2 is 1.58 bits per heavy atom. The van der Waals surface area contributed by atoms with Gasteiger partial charge in [-0.1, -0.05) is 30.3 Å². The Balaban J connectivity index is 2.57. The number of rotatable bonds is 2. The van der Waals surface area contributed by atoms with Crippen molar-refractivity contribution in [1.82, 2.24) is 0 Å². The van der Waals surface area contributed by atoms with Crippen molar-refractivity contribution in [2.45, 2.75) is 6.18 Å². The second-order valence-electron chi connectivity index (χ2n) is 3.93. The van der Waals surface area contributed by atoms with E-state index in [1.807, 2.05) is 0 Å². The molecule has 5 heteroatoms. The number of halogens is 4. The molecule has 0 unspecified atom stereocenters. The van der Waals surface area contributed by atoms with Crippen LogP contribution in [-0.4, -0.2) is 6.29 Å². The van der Waals surface area contributed by atoms with Gasteiger partial charge in [0.15, 0.2) is 0 Å². The summed E-state index contributed by atoms with van der Waals surface area (Å²) in [6.07, 6.45) is -4.04. The summed E-state index contributed by atoms with van der Waals surface area (Å²) in [4.78, 5) is 10.5. The van der Waals surface area contributed by atoms with Crippen molar-refractivity contribution in [2.24, 2.45) is 0 Å². The number of carbonyl (C=O) groups excluding carboxylic acids is 1. The first-order valence-electron chi connectivity index (χ1n) is 5.34. The van der Waals surface area contributed by atoms with Gasteiger partial charge in [0.1, 0.15) is 12.1 Å². The molecule has 0 N–H and O–H groups in total. The average molecular weight is 268 g/mol. The summed E-state index contributed by atoms with van der Waals surface area (Å²) in [5, 5.41) is 0. The van der Waals surface area contributed by atoms with Gasteiger partial charge in [-0.2, -0.15) is 13.2 Å². The van der Waals surface area contributed by atoms with Gasteiger partial charge in [0, 0.05) is 5.56 Å². The van der Waals surface area contributed by atoms with Gasteiger partial charge < -0.3 is 0 Å². The van der Waals surface area contributed by atoms with E-state index < -0.39 is 17.6 Å². The van der Waals surface area contributed by atoms with Gasteiger partial charge in [-0.25, -0.2) is 4.39 Å². The summed E-state index contributed by atoms with van der Waals surface area (Å²) in [5.41, 5.74) is -0.518. The lowest BCUT2D eigenvalue weighted by Gasteiger charge is -2.13. The minimum Gasteiger partial charge on any atom is -0.298 e. The number of hydrogen-bond acceptors (Lipinski definition) is 1. The van der Waals surface area contributed by atoms with Crippen LogP contribution in [0.2, 0.25) is 0 Å². The van der Waals surface area contributed by atoms with Crippen LogP contribution in [0.5, 0.6) is 0 Å². The van der Waals surface area contributed by atoms with Crippen LogP contribution < -0.4 is 0 Å². The normalized spacial score (nSPS) is 11.4. The smallest absolute Gasteiger partial charge is 0.298 e. The molecular weight excluding hydrogens is 260 g/mol. The van der Waals surface area contributed by atoms with E-state index in [-0.39, 0.29) is 11.1 Å². The maximum atomic E-state index is 13.0. The third kappa shape index (κ3) is 2.81. The molecule has 2 aromatic rings. The highest BCUT2D eigenvalue weighted by Crippen LogP contribution is 2.37. The molecule has 0 bridgehead atoms. The maximum Gasteiger partial charge on any atom is 0.417 e. The predicted octanol–water partition coefficient (Wildman–Crippen LogP) is 4.32. The molecule has 0 amide bonds. The molecule has 0 aliphatic heterocycles. The Morgan fingerprint density at radius 3 is 2.11 bits per heavy atom. The standard InChI is InChI=1S/C14H8F4O/c15-11-5-6-12(13(7-11)14(16,17)18)10-3-1-9(8-19)2-4-10/h1-8H. The van der Waals surface area contributed by atoms with Crippen LogP contribution in [0.25, 0.3) is 11.1 Å². The van der Waals surface area contributed by atoms with Gasteiger partial charge in [0.25, 0.3) is 0 Å². The Labute approximate surface area is 106 Å². The summed E-state index contributed by atoms with van der Waals surface area (Å²) in [6.45, 7) is 0. The summed E-state index contributed by atoms with van der Waals surface area (Å²) < 4.78 is 51.5. The van der Waals surface area contributed by atoms with Crippen LogP contribution in [0.4, 0.5) is 17.6 Å². The van der Waals surface area contributed by atoms with Crippen molar-refractivity contribution >= 4 is 6.29 Å². The van der Waals surface area contributed by atoms with Crippen LogP contribution in [0.1, 0.15) is 15.9 Å². The molecular formula is C14H8F4O. The van der Waals surface area contributed by atoms with Gasteiger partial charge in [-0.05, 0) is 23.3 Å². The average Bonchev–Trinajstić information content (AvgIpc) is 2.38. The molecule has 98 valence electrons. The third-order valence-corrected chi connectivity index (χ3v) is 2.64. The van der Waals surface area contributed by atoms with Crippen molar-refractivity contribution in [2.75, 3.05) is 0 Å². The lowest BCUT2D eigenvalue weighted by Crippen LogP contribution is -2.07. The second-order valence-corrected chi connectivity index (χ2v) is 3.93. The predicted molar refractivity (Wildman–Crippen MR) is 62.2 cm³/mol. The molecule has 0 fully saturated rings. The Morgan fingerprint density at radius 1 is 0.947 bits per heavy atom. The fourth-order valence-corrected chi connectivity index (χ4v) is 1.74. The molecule has 0 radical (unpaired) electrons. The zero-order valence-corrected chi connectivity index (χ0v) is 9.54. The highest BCUT2D eigenvalue weighted by atomic mass is 19.4. The van der Waals surface area contributed by atoms with E-state index in [0.29, 0.717) is 17.9 Å². The summed E-state index contributed by atoms with van der Waals surface area (Å²) in [7, 11) is 0. The fraction of sp³-hybridized carbons (Fsp3) is 0.0714. The minimum atomic E-state index is -4.64. The number of aldehydes is 1. The monoisotopic (exact) mass is 268 g/mol. The maximum absolute atomic E-state index is 13.0. The molecule has 2 rings (SSSR count). The Hall–Kier alpha value is -2.17. The van der Waals surface area contributed by atoms with E-state index in [0.717, 1.165) is 12.1 Å². The minimum absolute atomic E-state index is 0.119. The molecule has 0 aromatic heterocycles. The summed E-state index contributed by atoms with van der Waals surface area (Å²) in [5.74, 6) is -0.944. The highest BCUT2D eigenvalue weighted by Gasteiger charge is 2.34. The van der Waals surface area contributed by atoms with E-state index in [4.69, 9.17) is 0 Å². The lowest BCUT2D eigenvalue weighted by molar-refractivity contribution is -0.137. The largest absolute Gasteiger partial charge is 0.417 e. The number of benzene rings is 2. The van der Waals surface area contributed by atoms with Crippen LogP contribution in [0, 0.1) is 5.82 Å². The van der Waals surface area contributed by atoms with Gasteiger partial charge in [-0.3, -0.25) is 4.79 Å². The third-order valence-electron chi connectivity index (χ3n) is 2.64. The first-order valence-corrected chi connectivity index (χ1v) is 5.34. The number of alkyl halides is 3. The first kappa shape index (κ1) is 13.3. The van der Waals surface area contributed by atoms with Crippen molar-refractivity contribution in [3.63, 3.8) is 0 Å². The second kappa shape index (κ2) is 4.84. The SMILES string of the molecule is O=Cc1ccc(-c2ccc(F)cc2C(F)(F)F)cc1. The van der Waals surface area contributed by atoms with Gasteiger partial charge >= 0.3 is 6.18 Å². The topological polar surface area (TPSA) is 17.1 Å². The number of carbonyl (C=O) groups is 1. The molecule has 0 heterocycles. The van der Waals surface area contributed by atoms with Crippen molar-refractivity contribution in [3.05, 3.63) is 59.4 Å². The van der Waals surface area contributed by atoms with Crippen LogP contribution in [0.15, 0.2) is 42.5 Å². The van der Waals surface area contributed by atoms with Crippen molar-refractivity contribution in [1.29, 1.82) is 0 Å². The highest BCUT2D eigenvalue weighted by molar-refractivity contribution is 5.77. The van der Waals surface area contributed by atoms with Crippen molar-refractivity contribution < 1.29 is 22.4 Å². The van der Waals surface area contributed by atoms with Crippen LogP contribution in [-0.2, 0) is 6.18 Å². The van der Waals surface area contributed by atoms with Gasteiger partial charge in [0.05, 0.1) is 5.56 Å². The molecule has 0 spiro atoms. The molecule has 0 aliphatic carbocycles. The van der Waals surface area contributed by atoms with E-state index in [1.165, 1.54) is 24.3 Å². The quantitative estimate of drug-likeness (QED) is 0.585. The molecule has 19 heavy (non-hydrogen) atoms. The number of hydrogen-bond donors (Lipinski definition) is 0. The zero-order valence-electron chi connectivity index (χ0n) is 9.54. The van der Waals surface area contributed by atoms with Gasteiger partial charge in [-0.15, -0.1) is 0 Å². The first-order chi connectivity index (χ1) is 8.91. The molecule has 2 aromatic carbocycles. The Kier molecular flexibility index (Phi) is 3.38. The molecule has 1 nitrogen and oxygen atoms in total.